The number of hydrogen-bond acceptors (Lipinski definition) is 4. The summed E-state index contributed by atoms with van der Waals surface area (Å²) in [5, 5.41) is 13.1. The van der Waals surface area contributed by atoms with Gasteiger partial charge in [0.15, 0.2) is 0 Å². The highest BCUT2D eigenvalue weighted by Gasteiger charge is 2.14. The van der Waals surface area contributed by atoms with Crippen molar-refractivity contribution < 1.29 is 23.9 Å². The van der Waals surface area contributed by atoms with E-state index in [-0.39, 0.29) is 25.3 Å². The number of carbonyl (C=O) groups is 3. The summed E-state index contributed by atoms with van der Waals surface area (Å²) in [5.41, 5.74) is 0. The molecule has 0 radical (unpaired) electrons. The molecule has 0 aliphatic carbocycles. The summed E-state index contributed by atoms with van der Waals surface area (Å²) in [6.45, 7) is 3.52. The van der Waals surface area contributed by atoms with Crippen LogP contribution in [0.15, 0.2) is 16.5 Å². The van der Waals surface area contributed by atoms with Gasteiger partial charge < -0.3 is 14.8 Å². The molecule has 0 bridgehead atoms. The Bertz CT molecular complexity index is 495. The Labute approximate surface area is 116 Å². The predicted octanol–water partition coefficient (Wildman–Crippen LogP) is 1.73. The number of carbonyl (C=O) groups excluding carboxylic acids is 2. The molecule has 3 amide bonds. The monoisotopic (exact) mass is 282 g/mol. The lowest BCUT2D eigenvalue weighted by atomic mass is 10.2. The van der Waals surface area contributed by atoms with Gasteiger partial charge in [0, 0.05) is 12.8 Å². The molecule has 1 aromatic heterocycles. The number of imide groups is 1. The first-order chi connectivity index (χ1) is 9.38. The minimum Gasteiger partial charge on any atom is -0.481 e. The van der Waals surface area contributed by atoms with E-state index in [0.717, 1.165) is 5.76 Å². The molecular weight excluding hydrogens is 264 g/mol. The second-order valence-electron chi connectivity index (χ2n) is 4.44. The van der Waals surface area contributed by atoms with Gasteiger partial charge in [-0.15, -0.1) is 0 Å². The van der Waals surface area contributed by atoms with E-state index in [2.05, 4.69) is 10.6 Å². The third-order valence-electron chi connectivity index (χ3n) is 2.58. The van der Waals surface area contributed by atoms with Crippen LogP contribution in [0.3, 0.4) is 0 Å². The van der Waals surface area contributed by atoms with Crippen molar-refractivity contribution in [1.82, 2.24) is 10.6 Å². The topological polar surface area (TPSA) is 109 Å². The molecule has 0 fully saturated rings. The molecule has 0 saturated heterocycles. The Morgan fingerprint density at radius 2 is 2.00 bits per heavy atom. The average molecular weight is 282 g/mol. The zero-order valence-corrected chi connectivity index (χ0v) is 11.4. The van der Waals surface area contributed by atoms with E-state index < -0.39 is 17.9 Å². The van der Waals surface area contributed by atoms with Crippen LogP contribution in [-0.2, 0) is 9.59 Å². The third-order valence-corrected chi connectivity index (χ3v) is 2.58. The van der Waals surface area contributed by atoms with Crippen LogP contribution in [0.4, 0.5) is 4.79 Å². The van der Waals surface area contributed by atoms with Crippen molar-refractivity contribution >= 4 is 17.9 Å². The van der Waals surface area contributed by atoms with E-state index in [1.54, 1.807) is 26.0 Å². The Hall–Kier alpha value is -2.31. The first-order valence-electron chi connectivity index (χ1n) is 6.27. The van der Waals surface area contributed by atoms with E-state index in [0.29, 0.717) is 5.76 Å². The van der Waals surface area contributed by atoms with Gasteiger partial charge in [-0.3, -0.25) is 14.9 Å². The van der Waals surface area contributed by atoms with Crippen LogP contribution in [0.25, 0.3) is 0 Å². The molecule has 1 aromatic rings. The lowest BCUT2D eigenvalue weighted by Gasteiger charge is -2.11. The van der Waals surface area contributed by atoms with Gasteiger partial charge in [-0.2, -0.15) is 0 Å². The van der Waals surface area contributed by atoms with Crippen LogP contribution < -0.4 is 10.6 Å². The molecule has 0 saturated carbocycles. The van der Waals surface area contributed by atoms with Crippen molar-refractivity contribution in [3.8, 4) is 0 Å². The number of hydrogen-bond donors (Lipinski definition) is 3. The van der Waals surface area contributed by atoms with Crippen LogP contribution in [-0.4, -0.2) is 23.0 Å². The van der Waals surface area contributed by atoms with Crippen LogP contribution >= 0.6 is 0 Å². The van der Waals surface area contributed by atoms with Gasteiger partial charge in [0.25, 0.3) is 0 Å². The fourth-order valence-electron chi connectivity index (χ4n) is 1.58. The van der Waals surface area contributed by atoms with E-state index in [9.17, 15) is 14.4 Å². The van der Waals surface area contributed by atoms with Crippen molar-refractivity contribution in [2.24, 2.45) is 0 Å². The quantitative estimate of drug-likeness (QED) is 0.736. The molecule has 1 unspecified atom stereocenters. The van der Waals surface area contributed by atoms with E-state index in [1.165, 1.54) is 0 Å². The molecule has 0 aliphatic rings. The summed E-state index contributed by atoms with van der Waals surface area (Å²) in [6, 6.07) is 2.53. The first kappa shape index (κ1) is 15.7. The standard InChI is InChI=1S/C13H18N2O5/c1-8-6-7-10(20-8)9(2)14-13(19)15-11(16)4-3-5-12(17)18/h6-7,9H,3-5H2,1-2H3,(H,17,18)(H2,14,15,16,19). The maximum Gasteiger partial charge on any atom is 0.322 e. The summed E-state index contributed by atoms with van der Waals surface area (Å²) in [6.07, 6.45) is 0.0897. The molecule has 0 spiro atoms. The highest BCUT2D eigenvalue weighted by molar-refractivity contribution is 5.94. The van der Waals surface area contributed by atoms with Gasteiger partial charge in [0.2, 0.25) is 5.91 Å². The first-order valence-corrected chi connectivity index (χ1v) is 6.27. The maximum atomic E-state index is 11.5. The molecule has 0 aliphatic heterocycles. The zero-order chi connectivity index (χ0) is 15.1. The fourth-order valence-corrected chi connectivity index (χ4v) is 1.58. The number of rotatable bonds is 6. The average Bonchev–Trinajstić information content (AvgIpc) is 2.75. The predicted molar refractivity (Wildman–Crippen MR) is 70.0 cm³/mol. The molecular formula is C13H18N2O5. The minimum atomic E-state index is -0.968. The van der Waals surface area contributed by atoms with Crippen molar-refractivity contribution in [2.45, 2.75) is 39.2 Å². The number of furan rings is 1. The fraction of sp³-hybridized carbons (Fsp3) is 0.462. The molecule has 110 valence electrons. The maximum absolute atomic E-state index is 11.5. The molecule has 3 N–H and O–H groups in total. The molecule has 1 heterocycles. The summed E-state index contributed by atoms with van der Waals surface area (Å²) >= 11 is 0. The Balaban J connectivity index is 2.32. The number of carboxylic acid groups (broad SMARTS) is 1. The molecule has 7 nitrogen and oxygen atoms in total. The summed E-state index contributed by atoms with van der Waals surface area (Å²) in [7, 11) is 0. The van der Waals surface area contributed by atoms with Gasteiger partial charge in [-0.1, -0.05) is 0 Å². The van der Waals surface area contributed by atoms with Gasteiger partial charge >= 0.3 is 12.0 Å². The number of amides is 3. The molecule has 20 heavy (non-hydrogen) atoms. The lowest BCUT2D eigenvalue weighted by molar-refractivity contribution is -0.137. The second-order valence-corrected chi connectivity index (χ2v) is 4.44. The van der Waals surface area contributed by atoms with E-state index >= 15 is 0 Å². The molecule has 1 rings (SSSR count). The van der Waals surface area contributed by atoms with Crippen LogP contribution in [0.1, 0.15) is 43.7 Å². The third kappa shape index (κ3) is 5.55. The van der Waals surface area contributed by atoms with E-state index in [4.69, 9.17) is 9.52 Å². The number of aliphatic carboxylic acids is 1. The minimum absolute atomic E-state index is 0.00599. The number of urea groups is 1. The second kappa shape index (κ2) is 7.32. The highest BCUT2D eigenvalue weighted by atomic mass is 16.4. The summed E-state index contributed by atoms with van der Waals surface area (Å²) in [4.78, 5) is 33.2. The van der Waals surface area contributed by atoms with Crippen molar-refractivity contribution in [2.75, 3.05) is 0 Å². The Kier molecular flexibility index (Phi) is 5.76. The largest absolute Gasteiger partial charge is 0.481 e. The van der Waals surface area contributed by atoms with Crippen molar-refractivity contribution in [1.29, 1.82) is 0 Å². The van der Waals surface area contributed by atoms with E-state index in [1.807, 2.05) is 0 Å². The smallest absolute Gasteiger partial charge is 0.322 e. The number of carboxylic acids is 1. The van der Waals surface area contributed by atoms with Crippen LogP contribution in [0.2, 0.25) is 0 Å². The van der Waals surface area contributed by atoms with Gasteiger partial charge in [0.1, 0.15) is 11.5 Å². The SMILES string of the molecule is Cc1ccc(C(C)NC(=O)NC(=O)CCCC(=O)O)o1. The lowest BCUT2D eigenvalue weighted by Crippen LogP contribution is -2.40. The highest BCUT2D eigenvalue weighted by Crippen LogP contribution is 2.15. The molecule has 0 aromatic carbocycles. The molecule has 7 heteroatoms. The summed E-state index contributed by atoms with van der Waals surface area (Å²) < 4.78 is 5.35. The van der Waals surface area contributed by atoms with Crippen LogP contribution in [0, 0.1) is 6.92 Å². The van der Waals surface area contributed by atoms with Crippen molar-refractivity contribution in [3.05, 3.63) is 23.7 Å². The summed E-state index contributed by atoms with van der Waals surface area (Å²) in [5.74, 6) is -0.148. The van der Waals surface area contributed by atoms with Gasteiger partial charge in [0.05, 0.1) is 6.04 Å². The van der Waals surface area contributed by atoms with Gasteiger partial charge in [-0.05, 0) is 32.4 Å². The normalized spacial score (nSPS) is 11.7. The molecule has 1 atom stereocenters. The Morgan fingerprint density at radius 1 is 1.30 bits per heavy atom. The number of nitrogens with one attached hydrogen (secondary N) is 2. The van der Waals surface area contributed by atoms with Crippen molar-refractivity contribution in [3.63, 3.8) is 0 Å². The number of aryl methyl sites for hydroxylation is 1. The zero-order valence-electron chi connectivity index (χ0n) is 11.4. The van der Waals surface area contributed by atoms with Crippen LogP contribution in [0.5, 0.6) is 0 Å². The van der Waals surface area contributed by atoms with Gasteiger partial charge in [-0.25, -0.2) is 4.79 Å². The Morgan fingerprint density at radius 3 is 2.55 bits per heavy atom.